The zero-order valence-corrected chi connectivity index (χ0v) is 16.9. The normalized spacial score (nSPS) is 10.5. The number of ether oxygens (including phenoxy) is 1. The van der Waals surface area contributed by atoms with E-state index >= 15 is 0 Å². The largest absolute Gasteiger partial charge is 0.492 e. The maximum atomic E-state index is 12.4. The minimum Gasteiger partial charge on any atom is -0.492 e. The van der Waals surface area contributed by atoms with Crippen molar-refractivity contribution in [3.8, 4) is 5.75 Å². The molecule has 0 heterocycles. The van der Waals surface area contributed by atoms with Crippen molar-refractivity contribution >= 4 is 39.3 Å². The maximum absolute atomic E-state index is 12.4. The first kappa shape index (κ1) is 20.3. The molecule has 0 fully saturated rings. The van der Waals surface area contributed by atoms with E-state index in [-0.39, 0.29) is 12.3 Å². The molecular weight excluding hydrogens is 420 g/mol. The second kappa shape index (κ2) is 9.59. The fourth-order valence-electron chi connectivity index (χ4n) is 2.09. The van der Waals surface area contributed by atoms with Gasteiger partial charge in [-0.2, -0.15) is 0 Å². The Labute approximate surface area is 166 Å². The first-order valence-corrected chi connectivity index (χ1v) is 9.28. The van der Waals surface area contributed by atoms with Crippen LogP contribution in [0.2, 0.25) is 5.02 Å². The highest BCUT2D eigenvalue weighted by Crippen LogP contribution is 2.23. The van der Waals surface area contributed by atoms with E-state index in [4.69, 9.17) is 16.3 Å². The van der Waals surface area contributed by atoms with Gasteiger partial charge >= 0.3 is 0 Å². The second-order valence-electron chi connectivity index (χ2n) is 6.15. The summed E-state index contributed by atoms with van der Waals surface area (Å²) in [4.78, 5) is 24.4. The number of hydrogen-bond acceptors (Lipinski definition) is 3. The molecule has 7 heteroatoms. The molecule has 2 amide bonds. The third kappa shape index (κ3) is 6.35. The second-order valence-corrected chi connectivity index (χ2v) is 7.50. The lowest BCUT2D eigenvalue weighted by Gasteiger charge is -2.14. The van der Waals surface area contributed by atoms with Gasteiger partial charge in [-0.1, -0.05) is 53.5 Å². The molecule has 0 aliphatic heterocycles. The van der Waals surface area contributed by atoms with Crippen LogP contribution in [-0.4, -0.2) is 18.4 Å². The molecule has 0 spiro atoms. The van der Waals surface area contributed by atoms with Crippen molar-refractivity contribution in [2.45, 2.75) is 20.3 Å². The van der Waals surface area contributed by atoms with Gasteiger partial charge in [-0.05, 0) is 41.8 Å². The monoisotopic (exact) mass is 438 g/mol. The minimum atomic E-state index is -0.450. The zero-order chi connectivity index (χ0) is 19.1. The van der Waals surface area contributed by atoms with E-state index in [1.165, 1.54) is 0 Å². The van der Waals surface area contributed by atoms with Gasteiger partial charge in [-0.15, -0.1) is 0 Å². The molecule has 138 valence electrons. The van der Waals surface area contributed by atoms with Gasteiger partial charge in [0.15, 0.2) is 0 Å². The standard InChI is InChI=1S/C19H20BrClN2O3/c1-12(2)11-26-17-8-5-14(20)10-16(17)19(25)23-22-18(24)9-13-3-6-15(21)7-4-13/h3-8,10,12H,9,11H2,1-2H3,(H,22,24)(H,23,25). The zero-order valence-electron chi connectivity index (χ0n) is 14.5. The lowest BCUT2D eigenvalue weighted by molar-refractivity contribution is -0.121. The van der Waals surface area contributed by atoms with Crippen LogP contribution in [0.3, 0.4) is 0 Å². The summed E-state index contributed by atoms with van der Waals surface area (Å²) in [6, 6.07) is 12.1. The fraction of sp³-hybridized carbons (Fsp3) is 0.263. The van der Waals surface area contributed by atoms with Crippen molar-refractivity contribution in [3.63, 3.8) is 0 Å². The summed E-state index contributed by atoms with van der Waals surface area (Å²) in [5.41, 5.74) is 5.97. The summed E-state index contributed by atoms with van der Waals surface area (Å²) in [7, 11) is 0. The number of benzene rings is 2. The van der Waals surface area contributed by atoms with Crippen molar-refractivity contribution in [2.75, 3.05) is 6.61 Å². The van der Waals surface area contributed by atoms with Crippen molar-refractivity contribution in [1.82, 2.24) is 10.9 Å². The number of halogens is 2. The lowest BCUT2D eigenvalue weighted by Crippen LogP contribution is -2.42. The predicted molar refractivity (Wildman–Crippen MR) is 105 cm³/mol. The molecule has 0 saturated heterocycles. The van der Waals surface area contributed by atoms with Crippen LogP contribution < -0.4 is 15.6 Å². The van der Waals surface area contributed by atoms with Crippen LogP contribution in [0.15, 0.2) is 46.9 Å². The van der Waals surface area contributed by atoms with Crippen LogP contribution in [0.1, 0.15) is 29.8 Å². The van der Waals surface area contributed by atoms with E-state index in [9.17, 15) is 9.59 Å². The Morgan fingerprint density at radius 1 is 1.12 bits per heavy atom. The number of nitrogens with one attached hydrogen (secondary N) is 2. The third-order valence-corrected chi connectivity index (χ3v) is 4.10. The summed E-state index contributed by atoms with van der Waals surface area (Å²) >= 11 is 9.16. The van der Waals surface area contributed by atoms with Crippen molar-refractivity contribution in [1.29, 1.82) is 0 Å². The Morgan fingerprint density at radius 2 is 1.81 bits per heavy atom. The van der Waals surface area contributed by atoms with Gasteiger partial charge in [0.25, 0.3) is 5.91 Å². The van der Waals surface area contributed by atoms with Crippen molar-refractivity contribution in [3.05, 3.63) is 63.1 Å². The van der Waals surface area contributed by atoms with Gasteiger partial charge in [0, 0.05) is 9.50 Å². The van der Waals surface area contributed by atoms with E-state index in [2.05, 4.69) is 26.8 Å². The van der Waals surface area contributed by atoms with E-state index < -0.39 is 5.91 Å². The van der Waals surface area contributed by atoms with Gasteiger partial charge in [0.2, 0.25) is 5.91 Å². The lowest BCUT2D eigenvalue weighted by atomic mass is 10.1. The molecular formula is C19H20BrClN2O3. The number of amides is 2. The summed E-state index contributed by atoms with van der Waals surface area (Å²) in [6.45, 7) is 4.54. The Balaban J connectivity index is 1.97. The van der Waals surface area contributed by atoms with Crippen LogP contribution in [0.5, 0.6) is 5.75 Å². The Morgan fingerprint density at radius 3 is 2.46 bits per heavy atom. The number of rotatable bonds is 6. The van der Waals surface area contributed by atoms with Crippen LogP contribution in [0, 0.1) is 5.92 Å². The topological polar surface area (TPSA) is 67.4 Å². The highest BCUT2D eigenvalue weighted by atomic mass is 79.9. The molecule has 26 heavy (non-hydrogen) atoms. The summed E-state index contributed by atoms with van der Waals surface area (Å²) in [5.74, 6) is 0.00909. The minimum absolute atomic E-state index is 0.132. The quantitative estimate of drug-likeness (QED) is 0.665. The summed E-state index contributed by atoms with van der Waals surface area (Å²) in [5, 5.41) is 0.603. The van der Waals surface area contributed by atoms with Crippen LogP contribution in [0.25, 0.3) is 0 Å². The smallest absolute Gasteiger partial charge is 0.273 e. The summed E-state index contributed by atoms with van der Waals surface area (Å²) in [6.07, 6.45) is 0.132. The van der Waals surface area contributed by atoms with Gasteiger partial charge in [0.05, 0.1) is 18.6 Å². The predicted octanol–water partition coefficient (Wildman–Crippen LogP) is 4.14. The molecule has 0 aromatic heterocycles. The fourth-order valence-corrected chi connectivity index (χ4v) is 2.57. The highest BCUT2D eigenvalue weighted by molar-refractivity contribution is 9.10. The van der Waals surface area contributed by atoms with Gasteiger partial charge in [-0.25, -0.2) is 0 Å². The highest BCUT2D eigenvalue weighted by Gasteiger charge is 2.15. The molecule has 0 unspecified atom stereocenters. The van der Waals surface area contributed by atoms with E-state index in [1.54, 1.807) is 42.5 Å². The molecule has 0 saturated carbocycles. The Kier molecular flexibility index (Phi) is 7.48. The number of carbonyl (C=O) groups is 2. The first-order chi connectivity index (χ1) is 12.3. The van der Waals surface area contributed by atoms with Gasteiger partial charge < -0.3 is 4.74 Å². The third-order valence-electron chi connectivity index (χ3n) is 3.35. The first-order valence-electron chi connectivity index (χ1n) is 8.11. The number of hydrogen-bond donors (Lipinski definition) is 2. The molecule has 0 atom stereocenters. The maximum Gasteiger partial charge on any atom is 0.273 e. The molecule has 2 N–H and O–H groups in total. The molecule has 0 bridgehead atoms. The Bertz CT molecular complexity index is 779. The average Bonchev–Trinajstić information content (AvgIpc) is 2.60. The Hall–Kier alpha value is -2.05. The molecule has 0 aliphatic carbocycles. The van der Waals surface area contributed by atoms with Crippen LogP contribution in [0.4, 0.5) is 0 Å². The average molecular weight is 440 g/mol. The molecule has 2 aromatic carbocycles. The van der Waals surface area contributed by atoms with E-state index in [1.807, 2.05) is 13.8 Å². The molecule has 5 nitrogen and oxygen atoms in total. The van der Waals surface area contributed by atoms with Crippen LogP contribution >= 0.6 is 27.5 Å². The van der Waals surface area contributed by atoms with E-state index in [0.29, 0.717) is 28.9 Å². The molecule has 2 rings (SSSR count). The molecule has 2 aromatic rings. The van der Waals surface area contributed by atoms with Gasteiger partial charge in [0.1, 0.15) is 5.75 Å². The van der Waals surface area contributed by atoms with Crippen molar-refractivity contribution < 1.29 is 14.3 Å². The molecule has 0 radical (unpaired) electrons. The number of carbonyl (C=O) groups excluding carboxylic acids is 2. The van der Waals surface area contributed by atoms with Gasteiger partial charge in [-0.3, -0.25) is 20.4 Å². The van der Waals surface area contributed by atoms with E-state index in [0.717, 1.165) is 10.0 Å². The number of hydrazine groups is 1. The SMILES string of the molecule is CC(C)COc1ccc(Br)cc1C(=O)NNC(=O)Cc1ccc(Cl)cc1. The van der Waals surface area contributed by atoms with Crippen LogP contribution in [-0.2, 0) is 11.2 Å². The molecule has 0 aliphatic rings. The summed E-state index contributed by atoms with van der Waals surface area (Å²) < 4.78 is 6.42. The van der Waals surface area contributed by atoms with Crippen molar-refractivity contribution in [2.24, 2.45) is 5.92 Å².